The number of aliphatic hydroxyl groups excluding tert-OH is 1. The number of aromatic nitrogens is 1. The van der Waals surface area contributed by atoms with Crippen molar-refractivity contribution < 1.29 is 18.3 Å². The summed E-state index contributed by atoms with van der Waals surface area (Å²) >= 11 is 1.45. The Morgan fingerprint density at radius 1 is 1.57 bits per heavy atom. The lowest BCUT2D eigenvalue weighted by Gasteiger charge is -2.17. The van der Waals surface area contributed by atoms with Crippen molar-refractivity contribution >= 4 is 17.3 Å². The van der Waals surface area contributed by atoms with Gasteiger partial charge in [0.1, 0.15) is 5.01 Å². The Morgan fingerprint density at radius 2 is 2.29 bits per heavy atom. The summed E-state index contributed by atoms with van der Waals surface area (Å²) in [5.41, 5.74) is 0.891. The molecule has 0 aliphatic heterocycles. The van der Waals surface area contributed by atoms with E-state index in [0.717, 1.165) is 23.5 Å². The molecule has 5 nitrogen and oxygen atoms in total. The molecule has 1 aliphatic rings. The normalized spacial score (nSPS) is 17.7. The van der Waals surface area contributed by atoms with Crippen molar-refractivity contribution in [1.29, 1.82) is 0 Å². The molecule has 1 saturated carbocycles. The van der Waals surface area contributed by atoms with Crippen molar-refractivity contribution in [2.24, 2.45) is 4.99 Å². The summed E-state index contributed by atoms with van der Waals surface area (Å²) in [5, 5.41) is 17.2. The zero-order valence-electron chi connectivity index (χ0n) is 11.4. The van der Waals surface area contributed by atoms with Gasteiger partial charge in [-0.25, -0.2) is 9.98 Å². The molecule has 1 aromatic heterocycles. The van der Waals surface area contributed by atoms with Gasteiger partial charge in [-0.3, -0.25) is 0 Å². The number of aliphatic hydroxyl groups is 1. The summed E-state index contributed by atoms with van der Waals surface area (Å²) in [6.07, 6.45) is -5.10. The number of aliphatic imine (C=N–C) groups is 1. The van der Waals surface area contributed by atoms with Crippen LogP contribution in [0.1, 0.15) is 23.5 Å². The van der Waals surface area contributed by atoms with Gasteiger partial charge >= 0.3 is 6.18 Å². The standard InChI is InChI=1S/C12H17F3N4OS/c1-7-6-21-10(18-7)5-17-11(19-8-2-3-8)16-4-9(20)12(13,14)15/h6,8-9,20H,2-5H2,1H3,(H2,16,17,19). The van der Waals surface area contributed by atoms with Gasteiger partial charge in [0, 0.05) is 17.1 Å². The van der Waals surface area contributed by atoms with Gasteiger partial charge in [-0.15, -0.1) is 11.3 Å². The van der Waals surface area contributed by atoms with E-state index >= 15 is 0 Å². The largest absolute Gasteiger partial charge is 0.416 e. The van der Waals surface area contributed by atoms with Crippen LogP contribution in [-0.4, -0.2) is 40.9 Å². The second kappa shape index (κ2) is 6.61. The Hall–Kier alpha value is -1.35. The molecule has 0 spiro atoms. The lowest BCUT2D eigenvalue weighted by molar-refractivity contribution is -0.201. The van der Waals surface area contributed by atoms with Crippen LogP contribution in [0.25, 0.3) is 0 Å². The van der Waals surface area contributed by atoms with E-state index in [9.17, 15) is 13.2 Å². The van der Waals surface area contributed by atoms with E-state index in [0.29, 0.717) is 6.54 Å². The number of nitrogens with zero attached hydrogens (tertiary/aromatic N) is 2. The number of rotatable bonds is 5. The molecular formula is C12H17F3N4OS. The quantitative estimate of drug-likeness (QED) is 0.568. The molecule has 118 valence electrons. The first-order valence-electron chi connectivity index (χ1n) is 6.55. The molecule has 1 aromatic rings. The third-order valence-electron chi connectivity index (χ3n) is 2.80. The Bertz CT molecular complexity index is 499. The van der Waals surface area contributed by atoms with Gasteiger partial charge in [-0.1, -0.05) is 0 Å². The number of thiazole rings is 1. The molecule has 0 aromatic carbocycles. The highest BCUT2D eigenvalue weighted by molar-refractivity contribution is 7.09. The maximum Gasteiger partial charge on any atom is 0.416 e. The number of aryl methyl sites for hydroxylation is 1. The van der Waals surface area contributed by atoms with Crippen molar-refractivity contribution in [3.05, 3.63) is 16.1 Å². The molecular weight excluding hydrogens is 305 g/mol. The zero-order valence-corrected chi connectivity index (χ0v) is 12.3. The van der Waals surface area contributed by atoms with Crippen LogP contribution in [0.5, 0.6) is 0 Å². The molecule has 1 aliphatic carbocycles. The van der Waals surface area contributed by atoms with Crippen molar-refractivity contribution in [3.63, 3.8) is 0 Å². The first-order chi connectivity index (χ1) is 9.84. The third-order valence-corrected chi connectivity index (χ3v) is 3.75. The summed E-state index contributed by atoms with van der Waals surface area (Å²) in [4.78, 5) is 8.44. The summed E-state index contributed by atoms with van der Waals surface area (Å²) in [5.74, 6) is 0.272. The summed E-state index contributed by atoms with van der Waals surface area (Å²) < 4.78 is 36.8. The number of guanidine groups is 1. The topological polar surface area (TPSA) is 69.5 Å². The smallest absolute Gasteiger partial charge is 0.382 e. The highest BCUT2D eigenvalue weighted by Crippen LogP contribution is 2.20. The van der Waals surface area contributed by atoms with Crippen LogP contribution in [0, 0.1) is 6.92 Å². The lowest BCUT2D eigenvalue weighted by Crippen LogP contribution is -2.46. The summed E-state index contributed by atoms with van der Waals surface area (Å²) in [6, 6.07) is 0.248. The Morgan fingerprint density at radius 3 is 2.81 bits per heavy atom. The minimum absolute atomic E-state index is 0.248. The zero-order chi connectivity index (χ0) is 15.5. The Labute approximate surface area is 124 Å². The molecule has 0 bridgehead atoms. The molecule has 2 rings (SSSR count). The van der Waals surface area contributed by atoms with E-state index in [4.69, 9.17) is 5.11 Å². The molecule has 21 heavy (non-hydrogen) atoms. The maximum absolute atomic E-state index is 12.3. The van der Waals surface area contributed by atoms with E-state index in [-0.39, 0.29) is 12.0 Å². The number of halogens is 3. The van der Waals surface area contributed by atoms with Gasteiger partial charge in [0.05, 0.1) is 13.1 Å². The van der Waals surface area contributed by atoms with E-state index in [1.165, 1.54) is 11.3 Å². The van der Waals surface area contributed by atoms with Crippen LogP contribution in [0.3, 0.4) is 0 Å². The second-order valence-electron chi connectivity index (χ2n) is 4.90. The number of nitrogens with one attached hydrogen (secondary N) is 2. The summed E-state index contributed by atoms with van der Waals surface area (Å²) in [7, 11) is 0. The Balaban J connectivity index is 1.90. The first kappa shape index (κ1) is 16.0. The van der Waals surface area contributed by atoms with Crippen LogP contribution < -0.4 is 10.6 Å². The molecule has 3 N–H and O–H groups in total. The van der Waals surface area contributed by atoms with Gasteiger partial charge in [-0.05, 0) is 19.8 Å². The molecule has 0 amide bonds. The number of alkyl halides is 3. The van der Waals surface area contributed by atoms with E-state index < -0.39 is 18.8 Å². The highest BCUT2D eigenvalue weighted by Gasteiger charge is 2.38. The van der Waals surface area contributed by atoms with Gasteiger partial charge in [0.15, 0.2) is 12.1 Å². The molecule has 0 radical (unpaired) electrons. The van der Waals surface area contributed by atoms with Crippen LogP contribution in [0.2, 0.25) is 0 Å². The maximum atomic E-state index is 12.3. The van der Waals surface area contributed by atoms with Crippen molar-refractivity contribution in [2.45, 2.75) is 44.6 Å². The third kappa shape index (κ3) is 5.50. The van der Waals surface area contributed by atoms with Crippen LogP contribution >= 0.6 is 11.3 Å². The second-order valence-corrected chi connectivity index (χ2v) is 5.85. The Kier molecular flexibility index (Phi) is 5.04. The molecule has 1 fully saturated rings. The fraction of sp³-hybridized carbons (Fsp3) is 0.667. The van der Waals surface area contributed by atoms with Gasteiger partial charge < -0.3 is 15.7 Å². The van der Waals surface area contributed by atoms with Gasteiger partial charge in [0.25, 0.3) is 0 Å². The number of hydrogen-bond donors (Lipinski definition) is 3. The van der Waals surface area contributed by atoms with Crippen molar-refractivity contribution in [2.75, 3.05) is 6.54 Å². The predicted molar refractivity (Wildman–Crippen MR) is 74.2 cm³/mol. The van der Waals surface area contributed by atoms with E-state index in [1.807, 2.05) is 12.3 Å². The molecule has 0 saturated heterocycles. The van der Waals surface area contributed by atoms with Crippen LogP contribution in [0.15, 0.2) is 10.4 Å². The summed E-state index contributed by atoms with van der Waals surface area (Å²) in [6.45, 7) is 1.53. The van der Waals surface area contributed by atoms with E-state index in [2.05, 4.69) is 20.6 Å². The molecule has 9 heteroatoms. The average Bonchev–Trinajstić information content (AvgIpc) is 3.12. The monoisotopic (exact) mass is 322 g/mol. The average molecular weight is 322 g/mol. The van der Waals surface area contributed by atoms with Crippen molar-refractivity contribution in [1.82, 2.24) is 15.6 Å². The van der Waals surface area contributed by atoms with Crippen molar-refractivity contribution in [3.8, 4) is 0 Å². The van der Waals surface area contributed by atoms with Gasteiger partial charge in [0.2, 0.25) is 0 Å². The molecule has 1 atom stereocenters. The predicted octanol–water partition coefficient (Wildman–Crippen LogP) is 1.57. The minimum atomic E-state index is -4.63. The SMILES string of the molecule is Cc1csc(CN=C(NCC(O)C(F)(F)F)NC2CC2)n1. The van der Waals surface area contributed by atoms with Crippen LogP contribution in [0.4, 0.5) is 13.2 Å². The minimum Gasteiger partial charge on any atom is -0.382 e. The molecule has 1 unspecified atom stereocenters. The van der Waals surface area contributed by atoms with Crippen LogP contribution in [-0.2, 0) is 6.54 Å². The molecule has 1 heterocycles. The fourth-order valence-corrected chi connectivity index (χ4v) is 2.20. The highest BCUT2D eigenvalue weighted by atomic mass is 32.1. The van der Waals surface area contributed by atoms with Gasteiger partial charge in [-0.2, -0.15) is 13.2 Å². The first-order valence-corrected chi connectivity index (χ1v) is 7.43. The fourth-order valence-electron chi connectivity index (χ4n) is 1.50. The van der Waals surface area contributed by atoms with E-state index in [1.54, 1.807) is 0 Å². The lowest BCUT2D eigenvalue weighted by atomic mass is 10.3. The number of hydrogen-bond acceptors (Lipinski definition) is 4.